The van der Waals surface area contributed by atoms with Crippen molar-refractivity contribution in [2.75, 3.05) is 7.05 Å². The second-order valence-electron chi connectivity index (χ2n) is 4.47. The molecular weight excluding hydrogens is 242 g/mol. The van der Waals surface area contributed by atoms with Gasteiger partial charge in [-0.25, -0.2) is 0 Å². The second kappa shape index (κ2) is 6.07. The van der Waals surface area contributed by atoms with Crippen molar-refractivity contribution in [3.05, 3.63) is 45.4 Å². The molecular formula is C14H19N3S. The quantitative estimate of drug-likeness (QED) is 0.899. The Kier molecular flexibility index (Phi) is 4.44. The van der Waals surface area contributed by atoms with Crippen LogP contribution < -0.4 is 5.32 Å². The van der Waals surface area contributed by atoms with Gasteiger partial charge in [0, 0.05) is 6.42 Å². The number of nitrogens with one attached hydrogen (secondary N) is 1. The molecule has 0 saturated carbocycles. The molecule has 0 saturated heterocycles. The molecule has 0 amide bonds. The van der Waals surface area contributed by atoms with E-state index in [2.05, 4.69) is 53.6 Å². The molecule has 0 fully saturated rings. The Bertz CT molecular complexity index is 507. The first-order valence-corrected chi connectivity index (χ1v) is 7.06. The minimum atomic E-state index is 0.287. The van der Waals surface area contributed by atoms with E-state index in [4.69, 9.17) is 0 Å². The number of benzene rings is 1. The highest BCUT2D eigenvalue weighted by Gasteiger charge is 2.10. The van der Waals surface area contributed by atoms with E-state index in [0.717, 1.165) is 22.9 Å². The van der Waals surface area contributed by atoms with Crippen molar-refractivity contribution < 1.29 is 0 Å². The van der Waals surface area contributed by atoms with Gasteiger partial charge in [0.2, 0.25) is 0 Å². The lowest BCUT2D eigenvalue weighted by atomic mass is 10.0. The molecule has 0 spiro atoms. The number of hydrogen-bond acceptors (Lipinski definition) is 4. The molecule has 1 unspecified atom stereocenters. The molecule has 1 aromatic heterocycles. The molecule has 1 N–H and O–H groups in total. The van der Waals surface area contributed by atoms with E-state index in [9.17, 15) is 0 Å². The molecule has 2 rings (SSSR count). The summed E-state index contributed by atoms with van der Waals surface area (Å²) < 4.78 is 0. The van der Waals surface area contributed by atoms with Gasteiger partial charge in [-0.15, -0.1) is 10.2 Å². The molecule has 96 valence electrons. The van der Waals surface area contributed by atoms with Crippen LogP contribution in [0.5, 0.6) is 0 Å². The third-order valence-corrected chi connectivity index (χ3v) is 4.32. The highest BCUT2D eigenvalue weighted by molar-refractivity contribution is 7.11. The lowest BCUT2D eigenvalue weighted by Gasteiger charge is -2.04. The summed E-state index contributed by atoms with van der Waals surface area (Å²) in [5, 5.41) is 13.9. The number of aryl methyl sites for hydroxylation is 3. The summed E-state index contributed by atoms with van der Waals surface area (Å²) in [5.74, 6) is 0. The van der Waals surface area contributed by atoms with Gasteiger partial charge in [0.1, 0.15) is 10.0 Å². The predicted octanol–water partition coefficient (Wildman–Crippen LogP) is 2.91. The summed E-state index contributed by atoms with van der Waals surface area (Å²) in [6.45, 7) is 4.26. The van der Waals surface area contributed by atoms with E-state index in [1.54, 1.807) is 11.3 Å². The zero-order chi connectivity index (χ0) is 13.0. The van der Waals surface area contributed by atoms with Gasteiger partial charge in [-0.2, -0.15) is 0 Å². The van der Waals surface area contributed by atoms with Crippen molar-refractivity contribution in [1.82, 2.24) is 15.5 Å². The van der Waals surface area contributed by atoms with Crippen LogP contribution >= 0.6 is 11.3 Å². The smallest absolute Gasteiger partial charge is 0.134 e. The third-order valence-electron chi connectivity index (χ3n) is 3.16. The summed E-state index contributed by atoms with van der Waals surface area (Å²) in [6, 6.07) is 8.81. The maximum atomic E-state index is 4.26. The van der Waals surface area contributed by atoms with Crippen molar-refractivity contribution in [2.24, 2.45) is 0 Å². The van der Waals surface area contributed by atoms with Crippen LogP contribution in [-0.2, 0) is 12.8 Å². The summed E-state index contributed by atoms with van der Waals surface area (Å²) in [4.78, 5) is 0. The topological polar surface area (TPSA) is 37.8 Å². The van der Waals surface area contributed by atoms with Crippen LogP contribution in [0, 0.1) is 6.92 Å². The van der Waals surface area contributed by atoms with Crippen molar-refractivity contribution in [3.63, 3.8) is 0 Å². The van der Waals surface area contributed by atoms with Crippen molar-refractivity contribution >= 4 is 11.3 Å². The molecule has 1 heterocycles. The van der Waals surface area contributed by atoms with Gasteiger partial charge in [-0.3, -0.25) is 0 Å². The third kappa shape index (κ3) is 3.15. The van der Waals surface area contributed by atoms with Crippen LogP contribution in [0.2, 0.25) is 0 Å². The van der Waals surface area contributed by atoms with Gasteiger partial charge in [-0.1, -0.05) is 35.6 Å². The zero-order valence-electron chi connectivity index (χ0n) is 11.1. The zero-order valence-corrected chi connectivity index (χ0v) is 11.9. The summed E-state index contributed by atoms with van der Waals surface area (Å²) in [5.41, 5.74) is 2.75. The van der Waals surface area contributed by atoms with Gasteiger partial charge in [0.05, 0.1) is 6.04 Å². The van der Waals surface area contributed by atoms with Gasteiger partial charge >= 0.3 is 0 Å². The van der Waals surface area contributed by atoms with Gasteiger partial charge in [0.15, 0.2) is 0 Å². The van der Waals surface area contributed by atoms with Crippen LogP contribution in [0.4, 0.5) is 0 Å². The van der Waals surface area contributed by atoms with Crippen molar-refractivity contribution in [1.29, 1.82) is 0 Å². The molecule has 0 aliphatic rings. The number of hydrogen-bond donors (Lipinski definition) is 1. The fourth-order valence-electron chi connectivity index (χ4n) is 1.80. The standard InChI is InChI=1S/C14H19N3S/c1-10-6-4-5-7-12(10)8-9-13-16-17-14(18-13)11(2)15-3/h4-7,11,15H,8-9H2,1-3H3. The Morgan fingerprint density at radius 3 is 2.72 bits per heavy atom. The molecule has 0 aliphatic carbocycles. The summed E-state index contributed by atoms with van der Waals surface area (Å²) in [7, 11) is 1.94. The van der Waals surface area contributed by atoms with Crippen LogP contribution in [0.3, 0.4) is 0 Å². The molecule has 2 aromatic rings. The van der Waals surface area contributed by atoms with E-state index in [-0.39, 0.29) is 6.04 Å². The Balaban J connectivity index is 1.98. The first-order valence-electron chi connectivity index (χ1n) is 6.24. The highest BCUT2D eigenvalue weighted by atomic mass is 32.1. The minimum absolute atomic E-state index is 0.287. The van der Waals surface area contributed by atoms with E-state index in [1.807, 2.05) is 7.05 Å². The SMILES string of the molecule is CNC(C)c1nnc(CCc2ccccc2C)s1. The fraction of sp³-hybridized carbons (Fsp3) is 0.429. The van der Waals surface area contributed by atoms with Gasteiger partial charge in [-0.05, 0) is 38.4 Å². The van der Waals surface area contributed by atoms with Crippen LogP contribution in [-0.4, -0.2) is 17.2 Å². The Hall–Kier alpha value is -1.26. The predicted molar refractivity (Wildman–Crippen MR) is 76.0 cm³/mol. The Labute approximate surface area is 112 Å². The normalized spacial score (nSPS) is 12.6. The Morgan fingerprint density at radius 2 is 2.00 bits per heavy atom. The second-order valence-corrected chi connectivity index (χ2v) is 5.56. The van der Waals surface area contributed by atoms with E-state index in [0.29, 0.717) is 0 Å². The molecule has 4 heteroatoms. The highest BCUT2D eigenvalue weighted by Crippen LogP contribution is 2.19. The first-order chi connectivity index (χ1) is 8.70. The Morgan fingerprint density at radius 1 is 1.22 bits per heavy atom. The molecule has 0 bridgehead atoms. The number of nitrogens with zero attached hydrogens (tertiary/aromatic N) is 2. The average molecular weight is 261 g/mol. The maximum Gasteiger partial charge on any atom is 0.134 e. The van der Waals surface area contributed by atoms with E-state index >= 15 is 0 Å². The average Bonchev–Trinajstić information content (AvgIpc) is 2.86. The van der Waals surface area contributed by atoms with Crippen molar-refractivity contribution in [2.45, 2.75) is 32.7 Å². The molecule has 3 nitrogen and oxygen atoms in total. The van der Waals surface area contributed by atoms with Gasteiger partial charge in [0.25, 0.3) is 0 Å². The minimum Gasteiger partial charge on any atom is -0.311 e. The van der Waals surface area contributed by atoms with E-state index < -0.39 is 0 Å². The number of aromatic nitrogens is 2. The van der Waals surface area contributed by atoms with Gasteiger partial charge < -0.3 is 5.32 Å². The monoisotopic (exact) mass is 261 g/mol. The van der Waals surface area contributed by atoms with Crippen LogP contribution in [0.25, 0.3) is 0 Å². The fourth-order valence-corrected chi connectivity index (χ4v) is 2.70. The number of rotatable bonds is 5. The molecule has 1 atom stereocenters. The van der Waals surface area contributed by atoms with E-state index in [1.165, 1.54) is 11.1 Å². The van der Waals surface area contributed by atoms with Crippen LogP contribution in [0.1, 0.15) is 34.1 Å². The summed E-state index contributed by atoms with van der Waals surface area (Å²) >= 11 is 1.71. The van der Waals surface area contributed by atoms with Crippen molar-refractivity contribution in [3.8, 4) is 0 Å². The van der Waals surface area contributed by atoms with Crippen LogP contribution in [0.15, 0.2) is 24.3 Å². The molecule has 0 radical (unpaired) electrons. The summed E-state index contributed by atoms with van der Waals surface area (Å²) in [6.07, 6.45) is 2.01. The molecule has 1 aromatic carbocycles. The molecule has 18 heavy (non-hydrogen) atoms. The largest absolute Gasteiger partial charge is 0.311 e. The maximum absolute atomic E-state index is 4.26. The first kappa shape index (κ1) is 13.2. The lowest BCUT2D eigenvalue weighted by Crippen LogP contribution is -2.11. The molecule has 0 aliphatic heterocycles. The lowest BCUT2D eigenvalue weighted by molar-refractivity contribution is 0.639.